The lowest BCUT2D eigenvalue weighted by molar-refractivity contribution is -0.140. The summed E-state index contributed by atoms with van der Waals surface area (Å²) in [7, 11) is 5.50. The van der Waals surface area contributed by atoms with Gasteiger partial charge in [0.25, 0.3) is 0 Å². The van der Waals surface area contributed by atoms with E-state index >= 15 is 0 Å². The molecule has 1 aromatic rings. The molecular weight excluding hydrogens is 347 g/mol. The number of nitrogens with one attached hydrogen (secondary N) is 1. The van der Waals surface area contributed by atoms with Crippen LogP contribution in [0.25, 0.3) is 0 Å². The fourth-order valence-electron chi connectivity index (χ4n) is 3.90. The van der Waals surface area contributed by atoms with E-state index in [2.05, 4.69) is 29.0 Å². The molecule has 0 atom stereocenters. The van der Waals surface area contributed by atoms with Crippen molar-refractivity contribution < 1.29 is 18.7 Å². The van der Waals surface area contributed by atoms with E-state index in [1.54, 1.807) is 12.1 Å². The van der Waals surface area contributed by atoms with Crippen molar-refractivity contribution in [2.24, 2.45) is 0 Å². The van der Waals surface area contributed by atoms with E-state index in [1.165, 1.54) is 13.2 Å². The van der Waals surface area contributed by atoms with Crippen LogP contribution in [0.15, 0.2) is 24.3 Å². The van der Waals surface area contributed by atoms with Gasteiger partial charge in [0, 0.05) is 24.4 Å². The van der Waals surface area contributed by atoms with Crippen LogP contribution in [0.4, 0.5) is 4.39 Å². The molecule has 0 unspecified atom stereocenters. The minimum absolute atomic E-state index is 0.00798. The first-order chi connectivity index (χ1) is 12.8. The summed E-state index contributed by atoms with van der Waals surface area (Å²) in [5, 5.41) is 3.09. The van der Waals surface area contributed by atoms with Crippen LogP contribution in [0, 0.1) is 5.82 Å². The molecule has 0 saturated heterocycles. The zero-order chi connectivity index (χ0) is 19.9. The fourth-order valence-corrected chi connectivity index (χ4v) is 3.90. The van der Waals surface area contributed by atoms with Gasteiger partial charge in [-0.25, -0.2) is 4.39 Å². The Morgan fingerprint density at radius 3 is 2.56 bits per heavy atom. The first-order valence-electron chi connectivity index (χ1n) is 9.63. The molecule has 1 amide bonds. The zero-order valence-corrected chi connectivity index (χ0v) is 16.6. The number of esters is 1. The van der Waals surface area contributed by atoms with E-state index in [1.807, 2.05) is 6.07 Å². The topological polar surface area (TPSA) is 58.6 Å². The normalized spacial score (nSPS) is 22.5. The molecule has 27 heavy (non-hydrogen) atoms. The number of ether oxygens (including phenoxy) is 1. The number of nitrogens with zero attached hydrogens (tertiary/aromatic N) is 1. The van der Waals surface area contributed by atoms with Crippen molar-refractivity contribution in [2.75, 3.05) is 21.2 Å². The Hall–Kier alpha value is -1.95. The number of carbonyl (C=O) groups excluding carboxylic acids is 2. The molecule has 2 rings (SSSR count). The van der Waals surface area contributed by atoms with E-state index < -0.39 is 0 Å². The molecule has 1 aromatic carbocycles. The lowest BCUT2D eigenvalue weighted by Gasteiger charge is -2.45. The molecule has 0 bridgehead atoms. The van der Waals surface area contributed by atoms with Crippen LogP contribution < -0.4 is 5.32 Å². The third-order valence-corrected chi connectivity index (χ3v) is 5.66. The predicted molar refractivity (Wildman–Crippen MR) is 103 cm³/mol. The van der Waals surface area contributed by atoms with Crippen molar-refractivity contribution in [1.29, 1.82) is 0 Å². The summed E-state index contributed by atoms with van der Waals surface area (Å²) in [5.41, 5.74) is 0.994. The Kier molecular flexibility index (Phi) is 7.78. The van der Waals surface area contributed by atoms with Crippen LogP contribution in [0.1, 0.15) is 50.5 Å². The molecule has 0 aromatic heterocycles. The first kappa shape index (κ1) is 21.4. The van der Waals surface area contributed by atoms with Crippen molar-refractivity contribution in [2.45, 2.75) is 62.9 Å². The minimum Gasteiger partial charge on any atom is -0.469 e. The number of rotatable bonds is 8. The zero-order valence-electron chi connectivity index (χ0n) is 16.6. The van der Waals surface area contributed by atoms with Crippen LogP contribution >= 0.6 is 0 Å². The Morgan fingerprint density at radius 1 is 1.26 bits per heavy atom. The Labute approximate surface area is 161 Å². The highest BCUT2D eigenvalue weighted by Crippen LogP contribution is 2.35. The molecule has 0 radical (unpaired) electrons. The maximum atomic E-state index is 13.5. The standard InChI is InChI=1S/C21H31FN2O3/c1-24(2)21(15-16-6-4-7-17(22)14-16)12-10-18(11-13-21)23-19(25)8-5-9-20(26)27-3/h4,6-7,14,18H,5,8-13,15H2,1-3H3,(H,23,25). The molecule has 6 heteroatoms. The molecule has 5 nitrogen and oxygen atoms in total. The number of carbonyl (C=O) groups is 2. The molecule has 0 heterocycles. The van der Waals surface area contributed by atoms with E-state index in [4.69, 9.17) is 0 Å². The number of methoxy groups -OCH3 is 1. The van der Waals surface area contributed by atoms with Gasteiger partial charge >= 0.3 is 5.97 Å². The third kappa shape index (κ3) is 6.31. The number of halogens is 1. The van der Waals surface area contributed by atoms with Crippen LogP contribution in [-0.2, 0) is 20.7 Å². The summed E-state index contributed by atoms with van der Waals surface area (Å²) >= 11 is 0. The summed E-state index contributed by atoms with van der Waals surface area (Å²) in [6.07, 6.45) is 5.61. The van der Waals surface area contributed by atoms with Gasteiger partial charge in [-0.15, -0.1) is 0 Å². The Morgan fingerprint density at radius 2 is 1.96 bits per heavy atom. The number of likely N-dealkylation sites (N-methyl/N-ethyl adjacent to an activating group) is 1. The average Bonchev–Trinajstić information content (AvgIpc) is 2.63. The smallest absolute Gasteiger partial charge is 0.305 e. The Bertz CT molecular complexity index is 640. The van der Waals surface area contributed by atoms with Gasteiger partial charge in [0.2, 0.25) is 5.91 Å². The molecule has 0 spiro atoms. The lowest BCUT2D eigenvalue weighted by atomic mass is 9.74. The van der Waals surface area contributed by atoms with Crippen molar-refractivity contribution in [3.8, 4) is 0 Å². The van der Waals surface area contributed by atoms with Crippen molar-refractivity contribution >= 4 is 11.9 Å². The average molecular weight is 378 g/mol. The van der Waals surface area contributed by atoms with Gasteiger partial charge in [-0.05, 0) is 70.3 Å². The van der Waals surface area contributed by atoms with Crippen LogP contribution in [-0.4, -0.2) is 49.6 Å². The molecule has 150 valence electrons. The molecule has 1 N–H and O–H groups in total. The van der Waals surface area contributed by atoms with Crippen LogP contribution in [0.5, 0.6) is 0 Å². The summed E-state index contributed by atoms with van der Waals surface area (Å²) in [6.45, 7) is 0. The summed E-state index contributed by atoms with van der Waals surface area (Å²) < 4.78 is 18.1. The molecule has 1 aliphatic rings. The molecular formula is C21H31FN2O3. The van der Waals surface area contributed by atoms with Crippen LogP contribution in [0.3, 0.4) is 0 Å². The fraction of sp³-hybridized carbons (Fsp3) is 0.619. The molecule has 1 saturated carbocycles. The Balaban J connectivity index is 1.85. The van der Waals surface area contributed by atoms with Gasteiger partial charge in [0.1, 0.15) is 5.82 Å². The third-order valence-electron chi connectivity index (χ3n) is 5.66. The maximum absolute atomic E-state index is 13.5. The highest BCUT2D eigenvalue weighted by atomic mass is 19.1. The number of amides is 1. The van der Waals surface area contributed by atoms with Gasteiger partial charge in [-0.1, -0.05) is 12.1 Å². The van der Waals surface area contributed by atoms with Gasteiger partial charge in [0.05, 0.1) is 7.11 Å². The van der Waals surface area contributed by atoms with Crippen molar-refractivity contribution in [3.05, 3.63) is 35.6 Å². The number of benzene rings is 1. The quantitative estimate of drug-likeness (QED) is 0.707. The summed E-state index contributed by atoms with van der Waals surface area (Å²) in [5.74, 6) is -0.491. The monoisotopic (exact) mass is 378 g/mol. The van der Waals surface area contributed by atoms with E-state index in [9.17, 15) is 14.0 Å². The van der Waals surface area contributed by atoms with E-state index in [0.29, 0.717) is 12.8 Å². The number of hydrogen-bond donors (Lipinski definition) is 1. The van der Waals surface area contributed by atoms with E-state index in [0.717, 1.165) is 37.7 Å². The second kappa shape index (κ2) is 9.83. The highest BCUT2D eigenvalue weighted by molar-refractivity contribution is 5.77. The van der Waals surface area contributed by atoms with E-state index in [-0.39, 0.29) is 35.7 Å². The van der Waals surface area contributed by atoms with Gasteiger partial charge in [-0.2, -0.15) is 0 Å². The molecule has 1 aliphatic carbocycles. The number of hydrogen-bond acceptors (Lipinski definition) is 4. The molecule has 1 fully saturated rings. The second-order valence-electron chi connectivity index (χ2n) is 7.70. The van der Waals surface area contributed by atoms with Crippen molar-refractivity contribution in [1.82, 2.24) is 10.2 Å². The molecule has 0 aliphatic heterocycles. The van der Waals surface area contributed by atoms with Crippen LogP contribution in [0.2, 0.25) is 0 Å². The second-order valence-corrected chi connectivity index (χ2v) is 7.70. The summed E-state index contributed by atoms with van der Waals surface area (Å²) in [6, 6.07) is 6.98. The highest BCUT2D eigenvalue weighted by Gasteiger charge is 2.37. The maximum Gasteiger partial charge on any atom is 0.305 e. The summed E-state index contributed by atoms with van der Waals surface area (Å²) in [4.78, 5) is 25.4. The predicted octanol–water partition coefficient (Wildman–Crippen LogP) is 3.07. The SMILES string of the molecule is COC(=O)CCCC(=O)NC1CCC(Cc2cccc(F)c2)(N(C)C)CC1. The van der Waals surface area contributed by atoms with Gasteiger partial charge in [-0.3, -0.25) is 9.59 Å². The lowest BCUT2D eigenvalue weighted by Crippen LogP contribution is -2.52. The van der Waals surface area contributed by atoms with Gasteiger partial charge in [0.15, 0.2) is 0 Å². The first-order valence-corrected chi connectivity index (χ1v) is 9.63. The van der Waals surface area contributed by atoms with Crippen molar-refractivity contribution in [3.63, 3.8) is 0 Å². The largest absolute Gasteiger partial charge is 0.469 e. The van der Waals surface area contributed by atoms with Gasteiger partial charge < -0.3 is 15.0 Å². The minimum atomic E-state index is -0.284.